The van der Waals surface area contributed by atoms with Crippen LogP contribution in [0.3, 0.4) is 0 Å². The maximum Gasteiger partial charge on any atom is 0.290 e. The largest absolute Gasteiger partial charge is 0.290 e. The van der Waals surface area contributed by atoms with Crippen molar-refractivity contribution in [2.45, 2.75) is 19.9 Å². The number of hydrogen-bond donors (Lipinski definition) is 2. The molecule has 0 aliphatic rings. The summed E-state index contributed by atoms with van der Waals surface area (Å²) in [4.78, 5) is 0. The Morgan fingerprint density at radius 2 is 1.90 bits per heavy atom. The molecule has 5 nitrogen and oxygen atoms in total. The van der Waals surface area contributed by atoms with E-state index in [9.17, 15) is 8.42 Å². The van der Waals surface area contributed by atoms with E-state index >= 15 is 0 Å². The van der Waals surface area contributed by atoms with Crippen LogP contribution in [0.15, 0.2) is 0 Å². The molecule has 0 aromatic carbocycles. The van der Waals surface area contributed by atoms with Gasteiger partial charge in [-0.05, 0) is 20.9 Å². The van der Waals surface area contributed by atoms with Crippen LogP contribution in [0.25, 0.3) is 0 Å². The SMILES string of the molecule is CNN(C(C)C)S(N)(=O)=O. The number of hydrogen-bond acceptors (Lipinski definition) is 3. The third kappa shape index (κ3) is 2.61. The molecule has 0 aromatic rings. The normalized spacial score (nSPS) is 13.0. The van der Waals surface area contributed by atoms with Gasteiger partial charge in [-0.1, -0.05) is 0 Å². The Bertz CT molecular complexity index is 187. The van der Waals surface area contributed by atoms with Crippen LogP contribution in [-0.2, 0) is 10.2 Å². The van der Waals surface area contributed by atoms with Gasteiger partial charge in [0.2, 0.25) is 0 Å². The highest BCUT2D eigenvalue weighted by Gasteiger charge is 2.17. The third-order valence-corrected chi connectivity index (χ3v) is 2.12. The highest BCUT2D eigenvalue weighted by atomic mass is 32.2. The highest BCUT2D eigenvalue weighted by molar-refractivity contribution is 7.86. The van der Waals surface area contributed by atoms with Crippen LogP contribution in [0.2, 0.25) is 0 Å². The van der Waals surface area contributed by atoms with Crippen molar-refractivity contribution in [2.75, 3.05) is 7.05 Å². The number of rotatable bonds is 3. The fourth-order valence-corrected chi connectivity index (χ4v) is 1.52. The van der Waals surface area contributed by atoms with Gasteiger partial charge in [0.15, 0.2) is 0 Å². The Hall–Kier alpha value is -0.170. The smallest absolute Gasteiger partial charge is 0.243 e. The molecule has 6 heteroatoms. The summed E-state index contributed by atoms with van der Waals surface area (Å²) in [7, 11) is -2.09. The van der Waals surface area contributed by atoms with Gasteiger partial charge in [0.25, 0.3) is 10.2 Å². The Morgan fingerprint density at radius 3 is 1.90 bits per heavy atom. The molecule has 0 amide bonds. The van der Waals surface area contributed by atoms with E-state index in [2.05, 4.69) is 5.43 Å². The molecule has 0 spiro atoms. The van der Waals surface area contributed by atoms with Crippen molar-refractivity contribution in [1.82, 2.24) is 9.84 Å². The van der Waals surface area contributed by atoms with E-state index < -0.39 is 10.2 Å². The molecule has 0 bridgehead atoms. The van der Waals surface area contributed by atoms with Crippen LogP contribution in [0.1, 0.15) is 13.8 Å². The first-order valence-corrected chi connectivity index (χ1v) is 4.39. The van der Waals surface area contributed by atoms with E-state index in [1.54, 1.807) is 13.8 Å². The summed E-state index contributed by atoms with van der Waals surface area (Å²) in [5, 5.41) is 4.83. The zero-order chi connectivity index (χ0) is 8.36. The molecular weight excluding hydrogens is 154 g/mol. The zero-order valence-corrected chi connectivity index (χ0v) is 7.14. The molecule has 0 aromatic heterocycles. The molecule has 62 valence electrons. The van der Waals surface area contributed by atoms with Crippen LogP contribution in [-0.4, -0.2) is 25.9 Å². The third-order valence-electron chi connectivity index (χ3n) is 0.964. The van der Waals surface area contributed by atoms with Gasteiger partial charge >= 0.3 is 0 Å². The predicted molar refractivity (Wildman–Crippen MR) is 39.1 cm³/mol. The Morgan fingerprint density at radius 1 is 1.50 bits per heavy atom. The lowest BCUT2D eigenvalue weighted by molar-refractivity contribution is 0.291. The van der Waals surface area contributed by atoms with Crippen molar-refractivity contribution in [3.63, 3.8) is 0 Å². The van der Waals surface area contributed by atoms with E-state index in [-0.39, 0.29) is 6.04 Å². The second-order valence-electron chi connectivity index (χ2n) is 2.16. The zero-order valence-electron chi connectivity index (χ0n) is 6.33. The molecule has 0 radical (unpaired) electrons. The van der Waals surface area contributed by atoms with Crippen molar-refractivity contribution in [1.29, 1.82) is 0 Å². The van der Waals surface area contributed by atoms with E-state index in [1.165, 1.54) is 7.05 Å². The second-order valence-corrected chi connectivity index (χ2v) is 3.58. The number of nitrogens with zero attached hydrogens (tertiary/aromatic N) is 1. The molecule has 0 rings (SSSR count). The van der Waals surface area contributed by atoms with Gasteiger partial charge in [-0.15, -0.1) is 4.41 Å². The lowest BCUT2D eigenvalue weighted by Gasteiger charge is -2.21. The highest BCUT2D eigenvalue weighted by Crippen LogP contribution is 1.95. The van der Waals surface area contributed by atoms with Crippen molar-refractivity contribution in [2.24, 2.45) is 5.14 Å². The molecule has 0 fully saturated rings. The van der Waals surface area contributed by atoms with Crippen molar-refractivity contribution < 1.29 is 8.42 Å². The topological polar surface area (TPSA) is 75.4 Å². The predicted octanol–water partition coefficient (Wildman–Crippen LogP) is -0.965. The van der Waals surface area contributed by atoms with Crippen LogP contribution in [0, 0.1) is 0 Å². The Balaban J connectivity index is 4.38. The van der Waals surface area contributed by atoms with Gasteiger partial charge in [-0.3, -0.25) is 0 Å². The van der Waals surface area contributed by atoms with Gasteiger partial charge in [-0.2, -0.15) is 8.42 Å². The fraction of sp³-hybridized carbons (Fsp3) is 1.00. The summed E-state index contributed by atoms with van der Waals surface area (Å²) in [6.45, 7) is 3.45. The maximum absolute atomic E-state index is 10.6. The molecule has 3 N–H and O–H groups in total. The standard InChI is InChI=1S/C4H13N3O2S/c1-4(2)7(6-3)10(5,8)9/h4,6H,1-3H3,(H2,5,8,9). The van der Waals surface area contributed by atoms with Crippen LogP contribution < -0.4 is 10.6 Å². The Kier molecular flexibility index (Phi) is 3.23. The van der Waals surface area contributed by atoms with Crippen LogP contribution in [0.4, 0.5) is 0 Å². The summed E-state index contributed by atoms with van der Waals surface area (Å²) >= 11 is 0. The molecule has 0 unspecified atom stereocenters. The second kappa shape index (κ2) is 3.29. The summed E-state index contributed by atoms with van der Waals surface area (Å²) in [5.41, 5.74) is 2.46. The fourth-order valence-electron chi connectivity index (χ4n) is 0.679. The summed E-state index contributed by atoms with van der Waals surface area (Å²) in [5.74, 6) is 0. The van der Waals surface area contributed by atoms with Crippen molar-refractivity contribution in [3.05, 3.63) is 0 Å². The molecule has 10 heavy (non-hydrogen) atoms. The first-order chi connectivity index (χ1) is 4.39. The minimum atomic E-state index is -3.59. The number of hydrazine groups is 1. The van der Waals surface area contributed by atoms with Crippen LogP contribution in [0.5, 0.6) is 0 Å². The molecule has 0 saturated carbocycles. The van der Waals surface area contributed by atoms with E-state index in [0.29, 0.717) is 0 Å². The van der Waals surface area contributed by atoms with Gasteiger partial charge in [0.1, 0.15) is 0 Å². The van der Waals surface area contributed by atoms with E-state index in [0.717, 1.165) is 4.41 Å². The van der Waals surface area contributed by atoms with Gasteiger partial charge in [0, 0.05) is 6.04 Å². The summed E-state index contributed by atoms with van der Waals surface area (Å²) in [6.07, 6.45) is 0. The quantitative estimate of drug-likeness (QED) is 0.531. The number of nitrogens with one attached hydrogen (secondary N) is 1. The monoisotopic (exact) mass is 167 g/mol. The maximum atomic E-state index is 10.6. The van der Waals surface area contributed by atoms with E-state index in [4.69, 9.17) is 5.14 Å². The van der Waals surface area contributed by atoms with Crippen molar-refractivity contribution >= 4 is 10.2 Å². The lowest BCUT2D eigenvalue weighted by atomic mass is 10.4. The van der Waals surface area contributed by atoms with Crippen molar-refractivity contribution in [3.8, 4) is 0 Å². The first-order valence-electron chi connectivity index (χ1n) is 2.89. The molecule has 0 atom stereocenters. The molecule has 0 aliphatic carbocycles. The number of nitrogens with two attached hydrogens (primary N) is 1. The van der Waals surface area contributed by atoms with Crippen LogP contribution >= 0.6 is 0 Å². The average molecular weight is 167 g/mol. The Labute approximate surface area is 61.3 Å². The molecule has 0 saturated heterocycles. The van der Waals surface area contributed by atoms with Gasteiger partial charge < -0.3 is 0 Å². The minimum Gasteiger partial charge on any atom is -0.243 e. The average Bonchev–Trinajstić information content (AvgIpc) is 1.60. The summed E-state index contributed by atoms with van der Waals surface area (Å²) < 4.78 is 22.3. The minimum absolute atomic E-state index is 0.167. The van der Waals surface area contributed by atoms with E-state index in [1.807, 2.05) is 0 Å². The summed E-state index contributed by atoms with van der Waals surface area (Å²) in [6, 6.07) is -0.167. The molecule has 0 aliphatic heterocycles. The van der Waals surface area contributed by atoms with Gasteiger partial charge in [0.05, 0.1) is 0 Å². The molecule has 0 heterocycles. The first kappa shape index (κ1) is 9.83. The lowest BCUT2D eigenvalue weighted by Crippen LogP contribution is -2.48. The molecular formula is C4H13N3O2S. The van der Waals surface area contributed by atoms with Gasteiger partial charge in [-0.25, -0.2) is 10.6 Å².